The predicted molar refractivity (Wildman–Crippen MR) is 122 cm³/mol. The van der Waals surface area contributed by atoms with Gasteiger partial charge in [-0.15, -0.1) is 0 Å². The first-order chi connectivity index (χ1) is 15.2. The summed E-state index contributed by atoms with van der Waals surface area (Å²) in [6.07, 6.45) is 10.4. The van der Waals surface area contributed by atoms with Crippen LogP contribution in [0.25, 0.3) is 0 Å². The van der Waals surface area contributed by atoms with Crippen molar-refractivity contribution in [1.82, 2.24) is 0 Å². The summed E-state index contributed by atoms with van der Waals surface area (Å²) in [6, 6.07) is 17.0. The summed E-state index contributed by atoms with van der Waals surface area (Å²) in [5.41, 5.74) is 3.94. The highest BCUT2D eigenvalue weighted by Gasteiger charge is 2.54. The maximum absolute atomic E-state index is 12.9. The van der Waals surface area contributed by atoms with E-state index in [1.54, 1.807) is 7.11 Å². The van der Waals surface area contributed by atoms with Gasteiger partial charge in [-0.2, -0.15) is 0 Å². The molecule has 3 heteroatoms. The number of carbonyl (C=O) groups is 1. The number of aryl methyl sites for hydroxylation is 1. The van der Waals surface area contributed by atoms with Crippen molar-refractivity contribution in [2.75, 3.05) is 13.7 Å². The van der Waals surface area contributed by atoms with Gasteiger partial charge >= 0.3 is 0 Å². The minimum absolute atomic E-state index is 0.171. The molecule has 0 heterocycles. The molecule has 162 valence electrons. The monoisotopic (exact) mass is 416 g/mol. The minimum Gasteiger partial charge on any atom is -0.489 e. The highest BCUT2D eigenvalue weighted by atomic mass is 16.5. The molecular weight excluding hydrogens is 384 g/mol. The standard InChI is InChI=1S/C28H32O3/c1-30-17-5-15-28-16-14-24-23-11-9-22(31-19-20-6-3-2-4-7-20)18-21(23)8-10-25(24)26(28)12-13-27(28)29/h2-4,6-7,9,11-13,18,24-26H,5,8,10,14-17,19H2,1H3/t24-,25-,26+,28+/m1/s1. The molecule has 2 aromatic carbocycles. The first-order valence-electron chi connectivity index (χ1n) is 11.7. The molecule has 0 spiro atoms. The molecule has 3 aliphatic rings. The van der Waals surface area contributed by atoms with E-state index in [0.717, 1.165) is 50.9 Å². The number of rotatable bonds is 7. The van der Waals surface area contributed by atoms with Crippen LogP contribution < -0.4 is 4.74 Å². The van der Waals surface area contributed by atoms with Crippen LogP contribution >= 0.6 is 0 Å². The molecule has 0 N–H and O–H groups in total. The zero-order chi connectivity index (χ0) is 21.3. The molecule has 1 fully saturated rings. The highest BCUT2D eigenvalue weighted by molar-refractivity contribution is 5.98. The third-order valence-electron chi connectivity index (χ3n) is 7.94. The number of methoxy groups -OCH3 is 1. The van der Waals surface area contributed by atoms with Gasteiger partial charge < -0.3 is 9.47 Å². The second-order valence-corrected chi connectivity index (χ2v) is 9.48. The Kier molecular flexibility index (Phi) is 5.71. The maximum Gasteiger partial charge on any atom is 0.162 e. The molecule has 3 nitrogen and oxygen atoms in total. The molecule has 1 saturated carbocycles. The van der Waals surface area contributed by atoms with Gasteiger partial charge in [0.15, 0.2) is 5.78 Å². The second-order valence-electron chi connectivity index (χ2n) is 9.48. The summed E-state index contributed by atoms with van der Waals surface area (Å²) >= 11 is 0. The fourth-order valence-corrected chi connectivity index (χ4v) is 6.45. The molecule has 0 unspecified atom stereocenters. The van der Waals surface area contributed by atoms with E-state index in [1.165, 1.54) is 16.7 Å². The van der Waals surface area contributed by atoms with Crippen LogP contribution in [-0.2, 0) is 22.6 Å². The van der Waals surface area contributed by atoms with E-state index in [-0.39, 0.29) is 5.41 Å². The quantitative estimate of drug-likeness (QED) is 0.529. The van der Waals surface area contributed by atoms with Gasteiger partial charge in [-0.1, -0.05) is 42.5 Å². The zero-order valence-corrected chi connectivity index (χ0v) is 18.4. The number of carbonyl (C=O) groups excluding carboxylic acids is 1. The van der Waals surface area contributed by atoms with Crippen LogP contribution in [0, 0.1) is 17.3 Å². The van der Waals surface area contributed by atoms with Gasteiger partial charge in [0.25, 0.3) is 0 Å². The maximum atomic E-state index is 12.9. The Morgan fingerprint density at radius 3 is 2.81 bits per heavy atom. The Labute approximate surface area is 185 Å². The Hall–Kier alpha value is -2.39. The summed E-state index contributed by atoms with van der Waals surface area (Å²) in [4.78, 5) is 12.9. The molecule has 0 bridgehead atoms. The van der Waals surface area contributed by atoms with E-state index >= 15 is 0 Å². The first-order valence-corrected chi connectivity index (χ1v) is 11.7. The first kappa shape index (κ1) is 20.5. The van der Waals surface area contributed by atoms with Gasteiger partial charge in [0.05, 0.1) is 0 Å². The van der Waals surface area contributed by atoms with Crippen LogP contribution in [0.1, 0.15) is 54.7 Å². The number of benzene rings is 2. The molecule has 31 heavy (non-hydrogen) atoms. The topological polar surface area (TPSA) is 35.5 Å². The fourth-order valence-electron chi connectivity index (χ4n) is 6.45. The van der Waals surface area contributed by atoms with Gasteiger partial charge in [0, 0.05) is 19.1 Å². The number of allylic oxidation sites excluding steroid dienone is 2. The van der Waals surface area contributed by atoms with Gasteiger partial charge in [-0.25, -0.2) is 0 Å². The van der Waals surface area contributed by atoms with Crippen LogP contribution in [0.3, 0.4) is 0 Å². The Balaban J connectivity index is 1.33. The molecule has 4 atom stereocenters. The van der Waals surface area contributed by atoms with Crippen LogP contribution in [0.15, 0.2) is 60.7 Å². The summed E-state index contributed by atoms with van der Waals surface area (Å²) in [6.45, 7) is 1.34. The number of hydrogen-bond donors (Lipinski definition) is 0. The molecule has 2 aromatic rings. The van der Waals surface area contributed by atoms with E-state index in [1.807, 2.05) is 24.3 Å². The van der Waals surface area contributed by atoms with E-state index < -0.39 is 0 Å². The largest absolute Gasteiger partial charge is 0.489 e. The third kappa shape index (κ3) is 3.74. The number of fused-ring (bicyclic) bond motifs is 5. The lowest BCUT2D eigenvalue weighted by atomic mass is 9.53. The number of ketones is 1. The van der Waals surface area contributed by atoms with Gasteiger partial charge in [-0.3, -0.25) is 4.79 Å². The molecular formula is C28H32O3. The third-order valence-corrected chi connectivity index (χ3v) is 7.94. The lowest BCUT2D eigenvalue weighted by Gasteiger charge is -2.49. The van der Waals surface area contributed by atoms with E-state index in [9.17, 15) is 4.79 Å². The van der Waals surface area contributed by atoms with Crippen molar-refractivity contribution in [1.29, 1.82) is 0 Å². The molecule has 0 amide bonds. The summed E-state index contributed by atoms with van der Waals surface area (Å²) in [7, 11) is 1.75. The van der Waals surface area contributed by atoms with Crippen molar-refractivity contribution < 1.29 is 14.3 Å². The van der Waals surface area contributed by atoms with Gasteiger partial charge in [0.2, 0.25) is 0 Å². The molecule has 0 radical (unpaired) electrons. The molecule has 0 aliphatic heterocycles. The van der Waals surface area contributed by atoms with E-state index in [4.69, 9.17) is 9.47 Å². The van der Waals surface area contributed by atoms with Crippen LogP contribution in [-0.4, -0.2) is 19.5 Å². The van der Waals surface area contributed by atoms with E-state index in [0.29, 0.717) is 30.1 Å². The van der Waals surface area contributed by atoms with Gasteiger partial charge in [-0.05, 0) is 91.2 Å². The van der Waals surface area contributed by atoms with E-state index in [2.05, 4.69) is 36.4 Å². The van der Waals surface area contributed by atoms with Crippen molar-refractivity contribution >= 4 is 5.78 Å². The molecule has 0 saturated heterocycles. The Morgan fingerprint density at radius 1 is 1.10 bits per heavy atom. The fraction of sp³-hybridized carbons (Fsp3) is 0.464. The Morgan fingerprint density at radius 2 is 1.97 bits per heavy atom. The second kappa shape index (κ2) is 8.63. The summed E-state index contributed by atoms with van der Waals surface area (Å²) in [5.74, 6) is 2.84. The highest BCUT2D eigenvalue weighted by Crippen LogP contribution is 2.59. The van der Waals surface area contributed by atoms with Crippen molar-refractivity contribution in [3.05, 3.63) is 77.4 Å². The number of ether oxygens (including phenoxy) is 2. The predicted octanol–water partition coefficient (Wildman–Crippen LogP) is 5.87. The van der Waals surface area contributed by atoms with Crippen molar-refractivity contribution in [3.8, 4) is 5.75 Å². The Bertz CT molecular complexity index is 963. The average Bonchev–Trinajstić information content (AvgIpc) is 3.14. The minimum atomic E-state index is -0.171. The molecule has 5 rings (SSSR count). The summed E-state index contributed by atoms with van der Waals surface area (Å²) in [5, 5.41) is 0. The van der Waals surface area contributed by atoms with Crippen LogP contribution in [0.2, 0.25) is 0 Å². The lowest BCUT2D eigenvalue weighted by molar-refractivity contribution is -0.129. The van der Waals surface area contributed by atoms with Crippen LogP contribution in [0.5, 0.6) is 5.75 Å². The van der Waals surface area contributed by atoms with Gasteiger partial charge in [0.1, 0.15) is 12.4 Å². The lowest BCUT2D eigenvalue weighted by Crippen LogP contribution is -2.45. The average molecular weight is 417 g/mol. The van der Waals surface area contributed by atoms with Crippen LogP contribution in [0.4, 0.5) is 0 Å². The SMILES string of the molecule is COCCC[C@]12CC[C@@H]3c4ccc(OCc5ccccc5)cc4CC[C@H]3[C@@H]1C=CC2=O. The van der Waals surface area contributed by atoms with Crippen molar-refractivity contribution in [3.63, 3.8) is 0 Å². The molecule has 3 aliphatic carbocycles. The zero-order valence-electron chi connectivity index (χ0n) is 18.4. The smallest absolute Gasteiger partial charge is 0.162 e. The normalized spacial score (nSPS) is 28.7. The van der Waals surface area contributed by atoms with Crippen molar-refractivity contribution in [2.45, 2.75) is 51.0 Å². The number of hydrogen-bond acceptors (Lipinski definition) is 3. The van der Waals surface area contributed by atoms with Crippen molar-refractivity contribution in [2.24, 2.45) is 17.3 Å². The molecule has 0 aromatic heterocycles. The summed E-state index contributed by atoms with van der Waals surface area (Å²) < 4.78 is 11.4.